The maximum absolute atomic E-state index is 12.7. The van der Waals surface area contributed by atoms with Crippen molar-refractivity contribution in [1.29, 1.82) is 0 Å². The first-order chi connectivity index (χ1) is 13.7. The largest absolute Gasteiger partial charge is 0.496 e. The quantitative estimate of drug-likeness (QED) is 0.757. The number of hydrogen-bond donors (Lipinski definition) is 1. The van der Waals surface area contributed by atoms with E-state index >= 15 is 0 Å². The zero-order valence-electron chi connectivity index (χ0n) is 16.6. The number of aryl methyl sites for hydroxylation is 1. The van der Waals surface area contributed by atoms with Crippen molar-refractivity contribution in [3.63, 3.8) is 0 Å². The minimum absolute atomic E-state index is 0.255. The molecule has 6 nitrogen and oxygen atoms in total. The Morgan fingerprint density at radius 3 is 2.29 bits per heavy atom. The zero-order chi connectivity index (χ0) is 19.8. The van der Waals surface area contributed by atoms with E-state index in [1.165, 1.54) is 19.8 Å². The average Bonchev–Trinajstić information content (AvgIpc) is 2.75. The van der Waals surface area contributed by atoms with Gasteiger partial charge in [0.2, 0.25) is 0 Å². The number of anilines is 1. The minimum atomic E-state index is -0.255. The number of carbonyl (C=O) groups excluding carboxylic acids is 1. The highest BCUT2D eigenvalue weighted by Crippen LogP contribution is 2.29. The minimum Gasteiger partial charge on any atom is -0.496 e. The van der Waals surface area contributed by atoms with Crippen molar-refractivity contribution in [3.8, 4) is 11.5 Å². The molecule has 1 aliphatic heterocycles. The fraction of sp³-hybridized carbons (Fsp3) is 0.409. The molecule has 0 unspecified atom stereocenters. The van der Waals surface area contributed by atoms with E-state index in [1.807, 2.05) is 12.1 Å². The van der Waals surface area contributed by atoms with Crippen LogP contribution in [-0.4, -0.2) is 57.9 Å². The Balaban J connectivity index is 1.56. The maximum Gasteiger partial charge on any atom is 0.263 e. The molecule has 1 aliphatic rings. The number of hydrogen-bond acceptors (Lipinski definition) is 5. The molecule has 0 radical (unpaired) electrons. The molecule has 150 valence electrons. The number of morpholine rings is 1. The number of ether oxygens (including phenoxy) is 3. The molecule has 0 bridgehead atoms. The molecule has 0 spiro atoms. The summed E-state index contributed by atoms with van der Waals surface area (Å²) >= 11 is 0. The lowest BCUT2D eigenvalue weighted by atomic mass is 10.1. The molecule has 2 aromatic rings. The van der Waals surface area contributed by atoms with Gasteiger partial charge >= 0.3 is 0 Å². The van der Waals surface area contributed by atoms with Gasteiger partial charge in [0.05, 0.1) is 27.4 Å². The zero-order valence-corrected chi connectivity index (χ0v) is 16.6. The van der Waals surface area contributed by atoms with Crippen molar-refractivity contribution in [2.45, 2.75) is 12.8 Å². The molecule has 0 saturated carbocycles. The number of nitrogens with one attached hydrogen (secondary N) is 1. The number of benzene rings is 2. The van der Waals surface area contributed by atoms with Gasteiger partial charge in [-0.15, -0.1) is 0 Å². The van der Waals surface area contributed by atoms with Crippen molar-refractivity contribution < 1.29 is 19.0 Å². The van der Waals surface area contributed by atoms with E-state index in [0.29, 0.717) is 17.1 Å². The Labute approximate surface area is 166 Å². The van der Waals surface area contributed by atoms with Crippen molar-refractivity contribution >= 4 is 11.6 Å². The third-order valence-electron chi connectivity index (χ3n) is 4.91. The van der Waals surface area contributed by atoms with E-state index in [4.69, 9.17) is 14.2 Å². The molecule has 2 aromatic carbocycles. The van der Waals surface area contributed by atoms with Crippen LogP contribution in [0.15, 0.2) is 42.5 Å². The van der Waals surface area contributed by atoms with E-state index in [0.717, 1.165) is 51.4 Å². The summed E-state index contributed by atoms with van der Waals surface area (Å²) < 4.78 is 16.0. The molecule has 28 heavy (non-hydrogen) atoms. The molecular weight excluding hydrogens is 356 g/mol. The summed E-state index contributed by atoms with van der Waals surface area (Å²) in [5, 5.41) is 2.92. The van der Waals surface area contributed by atoms with Crippen molar-refractivity contribution in [2.75, 3.05) is 52.4 Å². The van der Waals surface area contributed by atoms with Gasteiger partial charge in [0.25, 0.3) is 5.91 Å². The lowest BCUT2D eigenvalue weighted by molar-refractivity contribution is 0.0374. The predicted octanol–water partition coefficient (Wildman–Crippen LogP) is 3.22. The molecule has 1 amide bonds. The van der Waals surface area contributed by atoms with Crippen LogP contribution in [0.25, 0.3) is 0 Å². The second kappa shape index (κ2) is 10.1. The van der Waals surface area contributed by atoms with Crippen LogP contribution < -0.4 is 14.8 Å². The average molecular weight is 384 g/mol. The van der Waals surface area contributed by atoms with Gasteiger partial charge in [0, 0.05) is 18.8 Å². The molecule has 0 atom stereocenters. The Kier molecular flexibility index (Phi) is 7.28. The number of rotatable bonds is 8. The van der Waals surface area contributed by atoms with E-state index in [2.05, 4.69) is 22.3 Å². The monoisotopic (exact) mass is 384 g/mol. The molecule has 0 aliphatic carbocycles. The van der Waals surface area contributed by atoms with Crippen LogP contribution in [-0.2, 0) is 11.2 Å². The second-order valence-electron chi connectivity index (χ2n) is 6.75. The van der Waals surface area contributed by atoms with E-state index in [9.17, 15) is 4.79 Å². The van der Waals surface area contributed by atoms with E-state index in [-0.39, 0.29) is 5.91 Å². The first-order valence-electron chi connectivity index (χ1n) is 9.62. The van der Waals surface area contributed by atoms with Gasteiger partial charge in [-0.05, 0) is 49.2 Å². The maximum atomic E-state index is 12.7. The van der Waals surface area contributed by atoms with Crippen LogP contribution in [0.1, 0.15) is 22.3 Å². The highest BCUT2D eigenvalue weighted by atomic mass is 16.5. The highest BCUT2D eigenvalue weighted by Gasteiger charge is 2.18. The summed E-state index contributed by atoms with van der Waals surface area (Å²) in [5.41, 5.74) is 2.40. The molecule has 3 rings (SSSR count). The van der Waals surface area contributed by atoms with Gasteiger partial charge in [0.15, 0.2) is 0 Å². The molecule has 1 fully saturated rings. The van der Waals surface area contributed by atoms with E-state index < -0.39 is 0 Å². The Morgan fingerprint density at radius 2 is 1.68 bits per heavy atom. The number of carbonyl (C=O) groups is 1. The third kappa shape index (κ3) is 5.24. The van der Waals surface area contributed by atoms with E-state index in [1.54, 1.807) is 18.2 Å². The fourth-order valence-corrected chi connectivity index (χ4v) is 3.35. The van der Waals surface area contributed by atoms with Gasteiger partial charge < -0.3 is 19.5 Å². The summed E-state index contributed by atoms with van der Waals surface area (Å²) in [6.45, 7) is 4.82. The normalized spacial score (nSPS) is 14.5. The van der Waals surface area contributed by atoms with Crippen LogP contribution in [0.5, 0.6) is 11.5 Å². The van der Waals surface area contributed by atoms with Gasteiger partial charge in [-0.2, -0.15) is 0 Å². The predicted molar refractivity (Wildman–Crippen MR) is 110 cm³/mol. The third-order valence-corrected chi connectivity index (χ3v) is 4.91. The van der Waals surface area contributed by atoms with Crippen molar-refractivity contribution in [1.82, 2.24) is 4.90 Å². The summed E-state index contributed by atoms with van der Waals surface area (Å²) in [4.78, 5) is 15.2. The Bertz CT molecular complexity index is 748. The Hall–Kier alpha value is -2.57. The molecule has 0 aromatic heterocycles. The number of nitrogens with zero attached hydrogens (tertiary/aromatic N) is 1. The SMILES string of the molecule is COc1cccc(OC)c1C(=O)Nc1ccc(CCCN2CCOCC2)cc1. The standard InChI is InChI=1S/C22H28N2O4/c1-26-19-6-3-7-20(27-2)21(19)22(25)23-18-10-8-17(9-11-18)5-4-12-24-13-15-28-16-14-24/h3,6-11H,4-5,12-16H2,1-2H3,(H,23,25). The van der Waals surface area contributed by atoms with Gasteiger partial charge in [-0.3, -0.25) is 9.69 Å². The topological polar surface area (TPSA) is 60.0 Å². The van der Waals surface area contributed by atoms with Crippen LogP contribution in [0.3, 0.4) is 0 Å². The van der Waals surface area contributed by atoms with Crippen LogP contribution in [0.4, 0.5) is 5.69 Å². The highest BCUT2D eigenvalue weighted by molar-refractivity contribution is 6.08. The van der Waals surface area contributed by atoms with Crippen molar-refractivity contribution in [2.24, 2.45) is 0 Å². The summed E-state index contributed by atoms with van der Waals surface area (Å²) in [6.07, 6.45) is 2.13. The number of methoxy groups -OCH3 is 2. The van der Waals surface area contributed by atoms with Crippen LogP contribution in [0, 0.1) is 0 Å². The van der Waals surface area contributed by atoms with Gasteiger partial charge in [-0.25, -0.2) is 0 Å². The second-order valence-corrected chi connectivity index (χ2v) is 6.75. The molecular formula is C22H28N2O4. The summed E-state index contributed by atoms with van der Waals surface area (Å²) in [6, 6.07) is 13.3. The van der Waals surface area contributed by atoms with Crippen molar-refractivity contribution in [3.05, 3.63) is 53.6 Å². The molecule has 1 heterocycles. The summed E-state index contributed by atoms with van der Waals surface area (Å²) in [7, 11) is 3.08. The number of amides is 1. The van der Waals surface area contributed by atoms with Gasteiger partial charge in [0.1, 0.15) is 17.1 Å². The van der Waals surface area contributed by atoms with Crippen LogP contribution >= 0.6 is 0 Å². The Morgan fingerprint density at radius 1 is 1.04 bits per heavy atom. The molecule has 1 N–H and O–H groups in total. The van der Waals surface area contributed by atoms with Gasteiger partial charge in [-0.1, -0.05) is 18.2 Å². The molecule has 1 saturated heterocycles. The lowest BCUT2D eigenvalue weighted by Crippen LogP contribution is -2.36. The van der Waals surface area contributed by atoms with Crippen LogP contribution in [0.2, 0.25) is 0 Å². The lowest BCUT2D eigenvalue weighted by Gasteiger charge is -2.26. The molecule has 6 heteroatoms. The first-order valence-corrected chi connectivity index (χ1v) is 9.62. The fourth-order valence-electron chi connectivity index (χ4n) is 3.35. The smallest absolute Gasteiger partial charge is 0.263 e. The first kappa shape index (κ1) is 20.2. The summed E-state index contributed by atoms with van der Waals surface area (Å²) in [5.74, 6) is 0.711.